The van der Waals surface area contributed by atoms with Crippen LogP contribution in [0.3, 0.4) is 0 Å². The fourth-order valence-electron chi connectivity index (χ4n) is 4.71. The third-order valence-electron chi connectivity index (χ3n) is 6.31. The normalized spacial score (nSPS) is 18.4. The Labute approximate surface area is 181 Å². The Balaban J connectivity index is 2.11. The van der Waals surface area contributed by atoms with Gasteiger partial charge in [0.05, 0.1) is 16.7 Å². The van der Waals surface area contributed by atoms with E-state index < -0.39 is 17.8 Å². The molecule has 0 amide bonds. The van der Waals surface area contributed by atoms with Gasteiger partial charge < -0.3 is 10.2 Å². The van der Waals surface area contributed by atoms with Crippen molar-refractivity contribution in [3.63, 3.8) is 0 Å². The number of benzene rings is 2. The molecule has 3 rings (SSSR count). The lowest BCUT2D eigenvalue weighted by Gasteiger charge is -2.31. The molecule has 0 saturated heterocycles. The molecule has 6 heteroatoms. The number of carboxylic acids is 2. The highest BCUT2D eigenvalue weighted by Gasteiger charge is 2.31. The molecule has 1 saturated carbocycles. The first-order valence-electron chi connectivity index (χ1n) is 10.7. The number of carbonyl (C=O) groups is 2. The Morgan fingerprint density at radius 1 is 1.10 bits per heavy atom. The number of hydrogen-bond acceptors (Lipinski definition) is 3. The van der Waals surface area contributed by atoms with Crippen LogP contribution in [0, 0.1) is 23.1 Å². The summed E-state index contributed by atoms with van der Waals surface area (Å²) in [6.07, 6.45) is 6.91. The van der Waals surface area contributed by atoms with E-state index in [2.05, 4.69) is 6.92 Å². The van der Waals surface area contributed by atoms with Crippen molar-refractivity contribution in [1.29, 1.82) is 5.26 Å². The van der Waals surface area contributed by atoms with Crippen LogP contribution < -0.4 is 0 Å². The summed E-state index contributed by atoms with van der Waals surface area (Å²) in [5.74, 6) is -2.79. The van der Waals surface area contributed by atoms with Crippen molar-refractivity contribution in [3.05, 3.63) is 58.4 Å². The molecule has 0 atom stereocenters. The van der Waals surface area contributed by atoms with Crippen LogP contribution in [-0.4, -0.2) is 22.2 Å². The van der Waals surface area contributed by atoms with Crippen LogP contribution in [0.4, 0.5) is 4.39 Å². The van der Waals surface area contributed by atoms with Crippen molar-refractivity contribution in [3.8, 4) is 17.2 Å². The van der Waals surface area contributed by atoms with E-state index in [-0.39, 0.29) is 22.6 Å². The number of unbranched alkanes of at least 4 members (excludes halogenated alkanes) is 1. The van der Waals surface area contributed by atoms with Gasteiger partial charge in [-0.2, -0.15) is 5.26 Å². The van der Waals surface area contributed by atoms with Crippen LogP contribution in [0.1, 0.15) is 89.6 Å². The molecular formula is C25H26FNO4. The minimum Gasteiger partial charge on any atom is -0.478 e. The summed E-state index contributed by atoms with van der Waals surface area (Å²) in [7, 11) is 0. The molecule has 0 radical (unpaired) electrons. The first-order valence-corrected chi connectivity index (χ1v) is 10.7. The fourth-order valence-corrected chi connectivity index (χ4v) is 4.71. The predicted molar refractivity (Wildman–Crippen MR) is 115 cm³/mol. The molecule has 31 heavy (non-hydrogen) atoms. The standard InChI is InChI=1S/C25H26FNO4/c1-2-3-4-15-5-7-16(8-6-15)22-19(17-9-10-18(14-27)21(26)13-17)11-12-20(24(28)29)23(22)25(30)31/h9-13,15-16H,2-8H2,1H3,(H,28,29)(H,30,31)/t15-,16-. The molecule has 0 heterocycles. The highest BCUT2D eigenvalue weighted by Crippen LogP contribution is 2.44. The smallest absolute Gasteiger partial charge is 0.336 e. The van der Waals surface area contributed by atoms with Gasteiger partial charge in [-0.05, 0) is 72.4 Å². The van der Waals surface area contributed by atoms with E-state index in [1.165, 1.54) is 24.6 Å². The molecule has 2 aromatic rings. The molecular weight excluding hydrogens is 397 g/mol. The number of aromatic carboxylic acids is 2. The maximum absolute atomic E-state index is 14.3. The maximum Gasteiger partial charge on any atom is 0.336 e. The maximum atomic E-state index is 14.3. The van der Waals surface area contributed by atoms with E-state index in [1.54, 1.807) is 18.2 Å². The van der Waals surface area contributed by atoms with Crippen molar-refractivity contribution in [2.24, 2.45) is 5.92 Å². The molecule has 0 bridgehead atoms. The molecule has 162 valence electrons. The van der Waals surface area contributed by atoms with Gasteiger partial charge in [0.15, 0.2) is 0 Å². The zero-order chi connectivity index (χ0) is 22.5. The molecule has 1 fully saturated rings. The van der Waals surface area contributed by atoms with Crippen molar-refractivity contribution in [2.75, 3.05) is 0 Å². The van der Waals surface area contributed by atoms with Crippen molar-refractivity contribution >= 4 is 11.9 Å². The highest BCUT2D eigenvalue weighted by atomic mass is 19.1. The average molecular weight is 423 g/mol. The summed E-state index contributed by atoms with van der Waals surface area (Å²) in [6, 6.07) is 8.78. The summed E-state index contributed by atoms with van der Waals surface area (Å²) in [4.78, 5) is 23.9. The van der Waals surface area contributed by atoms with Gasteiger partial charge in [-0.1, -0.05) is 38.3 Å². The second-order valence-electron chi connectivity index (χ2n) is 8.23. The predicted octanol–water partition coefficient (Wildman–Crippen LogP) is 6.22. The van der Waals surface area contributed by atoms with Crippen LogP contribution in [0.15, 0.2) is 30.3 Å². The van der Waals surface area contributed by atoms with E-state index >= 15 is 0 Å². The first-order chi connectivity index (χ1) is 14.9. The van der Waals surface area contributed by atoms with Gasteiger partial charge in [-0.3, -0.25) is 0 Å². The van der Waals surface area contributed by atoms with Gasteiger partial charge in [0.25, 0.3) is 0 Å². The Bertz CT molecular complexity index is 1030. The number of halogens is 1. The summed E-state index contributed by atoms with van der Waals surface area (Å²) in [5.41, 5.74) is 0.856. The molecule has 0 aliphatic heterocycles. The van der Waals surface area contributed by atoms with Gasteiger partial charge in [0, 0.05) is 0 Å². The summed E-state index contributed by atoms with van der Waals surface area (Å²) in [5, 5.41) is 28.5. The minimum absolute atomic E-state index is 0.0950. The average Bonchev–Trinajstić information content (AvgIpc) is 2.76. The van der Waals surface area contributed by atoms with E-state index in [1.807, 2.05) is 0 Å². The van der Waals surface area contributed by atoms with Crippen molar-refractivity contribution < 1.29 is 24.2 Å². The Kier molecular flexibility index (Phi) is 7.06. The lowest BCUT2D eigenvalue weighted by Crippen LogP contribution is -2.19. The minimum atomic E-state index is -1.30. The number of hydrogen-bond donors (Lipinski definition) is 2. The van der Waals surface area contributed by atoms with Crippen LogP contribution in [-0.2, 0) is 0 Å². The molecule has 1 aliphatic rings. The van der Waals surface area contributed by atoms with Gasteiger partial charge in [-0.15, -0.1) is 0 Å². The lowest BCUT2D eigenvalue weighted by molar-refractivity contribution is 0.0649. The summed E-state index contributed by atoms with van der Waals surface area (Å²) < 4.78 is 14.3. The zero-order valence-electron chi connectivity index (χ0n) is 17.5. The zero-order valence-corrected chi connectivity index (χ0v) is 17.5. The second kappa shape index (κ2) is 9.74. The van der Waals surface area contributed by atoms with E-state index in [4.69, 9.17) is 5.26 Å². The Morgan fingerprint density at radius 2 is 1.81 bits per heavy atom. The van der Waals surface area contributed by atoms with Gasteiger partial charge in [0.2, 0.25) is 0 Å². The largest absolute Gasteiger partial charge is 0.478 e. The SMILES string of the molecule is CCCC[C@H]1CC[C@H](c2c(-c3ccc(C#N)c(F)c3)ccc(C(=O)O)c2C(=O)O)CC1. The van der Waals surface area contributed by atoms with Crippen molar-refractivity contribution in [2.45, 2.75) is 57.8 Å². The number of nitrogens with zero attached hydrogens (tertiary/aromatic N) is 1. The molecule has 0 aromatic heterocycles. The van der Waals surface area contributed by atoms with Crippen LogP contribution >= 0.6 is 0 Å². The number of carboxylic acid groups (broad SMARTS) is 2. The highest BCUT2D eigenvalue weighted by molar-refractivity contribution is 6.04. The Hall–Kier alpha value is -3.20. The van der Waals surface area contributed by atoms with Crippen LogP contribution in [0.2, 0.25) is 0 Å². The van der Waals surface area contributed by atoms with Crippen LogP contribution in [0.5, 0.6) is 0 Å². The third kappa shape index (κ3) is 4.77. The summed E-state index contributed by atoms with van der Waals surface area (Å²) in [6.45, 7) is 2.16. The van der Waals surface area contributed by atoms with Crippen molar-refractivity contribution in [1.82, 2.24) is 0 Å². The molecule has 1 aliphatic carbocycles. The van der Waals surface area contributed by atoms with Gasteiger partial charge in [0.1, 0.15) is 11.9 Å². The molecule has 2 aromatic carbocycles. The fraction of sp³-hybridized carbons (Fsp3) is 0.400. The van der Waals surface area contributed by atoms with Gasteiger partial charge in [-0.25, -0.2) is 14.0 Å². The topological polar surface area (TPSA) is 98.4 Å². The lowest BCUT2D eigenvalue weighted by atomic mass is 9.73. The van der Waals surface area contributed by atoms with E-state index in [0.717, 1.165) is 38.5 Å². The van der Waals surface area contributed by atoms with E-state index in [0.29, 0.717) is 22.6 Å². The second-order valence-corrected chi connectivity index (χ2v) is 8.23. The monoisotopic (exact) mass is 423 g/mol. The van der Waals surface area contributed by atoms with Crippen LogP contribution in [0.25, 0.3) is 11.1 Å². The quantitative estimate of drug-likeness (QED) is 0.550. The summed E-state index contributed by atoms with van der Waals surface area (Å²) >= 11 is 0. The molecule has 2 N–H and O–H groups in total. The number of nitriles is 1. The molecule has 0 spiro atoms. The third-order valence-corrected chi connectivity index (χ3v) is 6.31. The van der Waals surface area contributed by atoms with Gasteiger partial charge >= 0.3 is 11.9 Å². The van der Waals surface area contributed by atoms with E-state index in [9.17, 15) is 24.2 Å². The number of rotatable bonds is 7. The molecule has 0 unspecified atom stereocenters. The first kappa shape index (κ1) is 22.5. The Morgan fingerprint density at radius 3 is 2.35 bits per heavy atom. The molecule has 5 nitrogen and oxygen atoms in total.